The van der Waals surface area contributed by atoms with Gasteiger partial charge in [0.1, 0.15) is 5.82 Å². The summed E-state index contributed by atoms with van der Waals surface area (Å²) >= 11 is 0. The van der Waals surface area contributed by atoms with Crippen LogP contribution in [0, 0.1) is 0 Å². The van der Waals surface area contributed by atoms with Crippen molar-refractivity contribution in [1.82, 2.24) is 14.5 Å². The molecule has 0 atom stereocenters. The summed E-state index contributed by atoms with van der Waals surface area (Å²) in [6.45, 7) is 0. The van der Waals surface area contributed by atoms with Gasteiger partial charge in [-0.1, -0.05) is 133 Å². The van der Waals surface area contributed by atoms with E-state index in [9.17, 15) is 0 Å². The van der Waals surface area contributed by atoms with E-state index in [1.54, 1.807) is 0 Å². The SMILES string of the molecule is C1=Cc2ccc3c(c2N(c2ccccc2)c2ccccc21)c1ccccc1n3-c1cc(-c2ccccc2)nc(-c2ccccc2)n1. The van der Waals surface area contributed by atoms with E-state index in [1.807, 2.05) is 24.3 Å². The van der Waals surface area contributed by atoms with Crippen LogP contribution in [0.5, 0.6) is 0 Å². The van der Waals surface area contributed by atoms with Crippen LogP contribution in [0.3, 0.4) is 0 Å². The van der Waals surface area contributed by atoms with E-state index in [-0.39, 0.29) is 0 Å². The molecule has 9 rings (SSSR count). The van der Waals surface area contributed by atoms with Gasteiger partial charge in [-0.05, 0) is 41.5 Å². The van der Waals surface area contributed by atoms with Crippen molar-refractivity contribution in [2.45, 2.75) is 0 Å². The molecule has 0 saturated carbocycles. The van der Waals surface area contributed by atoms with E-state index >= 15 is 0 Å². The maximum atomic E-state index is 5.24. The summed E-state index contributed by atoms with van der Waals surface area (Å²) in [5.41, 5.74) is 10.8. The highest BCUT2D eigenvalue weighted by atomic mass is 15.2. The fraction of sp³-hybridized carbons (Fsp3) is 0. The van der Waals surface area contributed by atoms with Crippen molar-refractivity contribution in [3.63, 3.8) is 0 Å². The molecular formula is C42H28N4. The molecule has 0 N–H and O–H groups in total. The average molecular weight is 589 g/mol. The van der Waals surface area contributed by atoms with Crippen molar-refractivity contribution in [3.05, 3.63) is 169 Å². The van der Waals surface area contributed by atoms with Gasteiger partial charge in [-0.2, -0.15) is 0 Å². The normalized spacial score (nSPS) is 12.2. The smallest absolute Gasteiger partial charge is 0.162 e. The molecule has 1 aliphatic heterocycles. The number of rotatable bonds is 4. The van der Waals surface area contributed by atoms with Crippen LogP contribution in [0.4, 0.5) is 17.1 Å². The summed E-state index contributed by atoms with van der Waals surface area (Å²) in [4.78, 5) is 12.7. The highest BCUT2D eigenvalue weighted by molar-refractivity contribution is 6.19. The fourth-order valence-electron chi connectivity index (χ4n) is 6.68. The van der Waals surface area contributed by atoms with Crippen molar-refractivity contribution in [1.29, 1.82) is 0 Å². The maximum absolute atomic E-state index is 5.24. The number of hydrogen-bond donors (Lipinski definition) is 0. The molecule has 2 aromatic heterocycles. The lowest BCUT2D eigenvalue weighted by Crippen LogP contribution is -2.12. The van der Waals surface area contributed by atoms with E-state index in [0.717, 1.165) is 56.3 Å². The minimum absolute atomic E-state index is 0.695. The van der Waals surface area contributed by atoms with Gasteiger partial charge in [0.2, 0.25) is 0 Å². The second-order valence-corrected chi connectivity index (χ2v) is 11.5. The van der Waals surface area contributed by atoms with Crippen LogP contribution < -0.4 is 4.90 Å². The van der Waals surface area contributed by atoms with Gasteiger partial charge in [-0.15, -0.1) is 0 Å². The van der Waals surface area contributed by atoms with Gasteiger partial charge in [0.25, 0.3) is 0 Å². The Balaban J connectivity index is 1.38. The zero-order valence-electron chi connectivity index (χ0n) is 25.0. The number of benzene rings is 6. The molecule has 216 valence electrons. The molecule has 0 aliphatic carbocycles. The molecule has 0 fully saturated rings. The van der Waals surface area contributed by atoms with E-state index in [0.29, 0.717) is 5.82 Å². The molecule has 0 saturated heterocycles. The van der Waals surface area contributed by atoms with E-state index in [1.165, 1.54) is 16.3 Å². The standard InChI is InChI=1S/C42H28N4/c1-4-14-29(15-5-1)35-28-39(44-42(43-35)32-17-6-2-7-18-32)46-37-23-13-11-21-34(37)40-38(46)27-26-31-25-24-30-16-10-12-22-36(30)45(41(31)40)33-19-8-3-9-20-33/h1-28H. The largest absolute Gasteiger partial charge is 0.309 e. The second kappa shape index (κ2) is 10.7. The van der Waals surface area contributed by atoms with Crippen molar-refractivity contribution < 1.29 is 0 Å². The van der Waals surface area contributed by atoms with Gasteiger partial charge < -0.3 is 4.90 Å². The molecule has 0 amide bonds. The van der Waals surface area contributed by atoms with Gasteiger partial charge in [0.05, 0.1) is 28.1 Å². The predicted octanol–water partition coefficient (Wildman–Crippen LogP) is 10.9. The molecule has 0 unspecified atom stereocenters. The van der Waals surface area contributed by atoms with Crippen LogP contribution in [-0.4, -0.2) is 14.5 Å². The summed E-state index contributed by atoms with van der Waals surface area (Å²) in [7, 11) is 0. The summed E-state index contributed by atoms with van der Waals surface area (Å²) in [6, 6.07) is 55.1. The number of anilines is 3. The maximum Gasteiger partial charge on any atom is 0.162 e. The highest BCUT2D eigenvalue weighted by Gasteiger charge is 2.26. The summed E-state index contributed by atoms with van der Waals surface area (Å²) in [5.74, 6) is 1.52. The molecule has 4 heteroatoms. The molecule has 0 radical (unpaired) electrons. The Labute approximate surface area is 267 Å². The zero-order chi connectivity index (χ0) is 30.5. The van der Waals surface area contributed by atoms with Crippen LogP contribution in [0.1, 0.15) is 11.1 Å². The van der Waals surface area contributed by atoms with Gasteiger partial charge in [-0.25, -0.2) is 9.97 Å². The van der Waals surface area contributed by atoms with E-state index in [2.05, 4.69) is 155 Å². The molecule has 6 aromatic carbocycles. The Morgan fingerprint density at radius 3 is 1.93 bits per heavy atom. The zero-order valence-corrected chi connectivity index (χ0v) is 25.0. The predicted molar refractivity (Wildman–Crippen MR) is 191 cm³/mol. The molecular weight excluding hydrogens is 560 g/mol. The quantitative estimate of drug-likeness (QED) is 0.205. The average Bonchev–Trinajstić information content (AvgIpc) is 3.37. The highest BCUT2D eigenvalue weighted by Crippen LogP contribution is 2.48. The number of aromatic nitrogens is 3. The minimum Gasteiger partial charge on any atom is -0.309 e. The van der Waals surface area contributed by atoms with Crippen LogP contribution in [0.25, 0.3) is 62.4 Å². The number of para-hydroxylation sites is 3. The second-order valence-electron chi connectivity index (χ2n) is 11.5. The van der Waals surface area contributed by atoms with E-state index in [4.69, 9.17) is 9.97 Å². The lowest BCUT2D eigenvalue weighted by molar-refractivity contribution is 1.05. The Hall–Kier alpha value is -6.26. The van der Waals surface area contributed by atoms with Crippen LogP contribution in [-0.2, 0) is 0 Å². The first-order valence-corrected chi connectivity index (χ1v) is 15.5. The van der Waals surface area contributed by atoms with Gasteiger partial charge >= 0.3 is 0 Å². The molecule has 46 heavy (non-hydrogen) atoms. The van der Waals surface area contributed by atoms with Crippen LogP contribution in [0.15, 0.2) is 158 Å². The van der Waals surface area contributed by atoms with Crippen LogP contribution >= 0.6 is 0 Å². The summed E-state index contributed by atoms with van der Waals surface area (Å²) in [6.07, 6.45) is 4.47. The van der Waals surface area contributed by atoms with Gasteiger partial charge in [-0.3, -0.25) is 4.57 Å². The Morgan fingerprint density at radius 1 is 0.478 bits per heavy atom. The third kappa shape index (κ3) is 4.23. The molecule has 4 nitrogen and oxygen atoms in total. The molecule has 0 spiro atoms. The number of hydrogen-bond acceptors (Lipinski definition) is 3. The molecule has 3 heterocycles. The minimum atomic E-state index is 0.695. The summed E-state index contributed by atoms with van der Waals surface area (Å²) < 4.78 is 2.30. The fourth-order valence-corrected chi connectivity index (χ4v) is 6.68. The Bertz CT molecular complexity index is 2350. The van der Waals surface area contributed by atoms with Crippen molar-refractivity contribution in [3.8, 4) is 28.5 Å². The summed E-state index contributed by atoms with van der Waals surface area (Å²) in [5, 5.41) is 2.35. The van der Waals surface area contributed by atoms with E-state index < -0.39 is 0 Å². The third-order valence-corrected chi connectivity index (χ3v) is 8.74. The van der Waals surface area contributed by atoms with Crippen LogP contribution in [0.2, 0.25) is 0 Å². The molecule has 0 bridgehead atoms. The lowest BCUT2D eigenvalue weighted by atomic mass is 10.0. The van der Waals surface area contributed by atoms with Gasteiger partial charge in [0.15, 0.2) is 5.82 Å². The molecule has 8 aromatic rings. The van der Waals surface area contributed by atoms with Crippen molar-refractivity contribution in [2.75, 3.05) is 4.90 Å². The first kappa shape index (κ1) is 26.2. The van der Waals surface area contributed by atoms with Crippen molar-refractivity contribution in [2.24, 2.45) is 0 Å². The van der Waals surface area contributed by atoms with Gasteiger partial charge in [0, 0.05) is 33.7 Å². The topological polar surface area (TPSA) is 34.0 Å². The Kier molecular flexibility index (Phi) is 6.10. The number of fused-ring (bicyclic) bond motifs is 6. The molecule has 1 aliphatic rings. The van der Waals surface area contributed by atoms with Crippen molar-refractivity contribution >= 4 is 51.0 Å². The first-order chi connectivity index (χ1) is 22.8. The monoisotopic (exact) mass is 588 g/mol. The first-order valence-electron chi connectivity index (χ1n) is 15.5. The third-order valence-electron chi connectivity index (χ3n) is 8.74. The lowest BCUT2D eigenvalue weighted by Gasteiger charge is -2.28. The number of nitrogens with zero attached hydrogens (tertiary/aromatic N) is 4. The Morgan fingerprint density at radius 2 is 1.13 bits per heavy atom.